The summed E-state index contributed by atoms with van der Waals surface area (Å²) in [4.78, 5) is 24.5. The molecule has 0 saturated carbocycles. The van der Waals surface area contributed by atoms with Gasteiger partial charge in [0.2, 0.25) is 5.91 Å². The van der Waals surface area contributed by atoms with E-state index in [1.165, 1.54) is 0 Å². The van der Waals surface area contributed by atoms with Crippen molar-refractivity contribution in [2.45, 2.75) is 39.7 Å². The van der Waals surface area contributed by atoms with Gasteiger partial charge in [-0.05, 0) is 51.1 Å². The highest BCUT2D eigenvalue weighted by Gasteiger charge is 2.16. The number of ether oxygens (including phenoxy) is 2. The van der Waals surface area contributed by atoms with Crippen LogP contribution in [0, 0.1) is 6.92 Å². The maximum atomic E-state index is 12.3. The van der Waals surface area contributed by atoms with E-state index in [-0.39, 0.29) is 30.6 Å². The van der Waals surface area contributed by atoms with Crippen LogP contribution in [-0.2, 0) is 4.79 Å². The van der Waals surface area contributed by atoms with Gasteiger partial charge in [-0.1, -0.05) is 17.7 Å². The summed E-state index contributed by atoms with van der Waals surface area (Å²) in [6.07, 6.45) is 0.308. The van der Waals surface area contributed by atoms with Crippen molar-refractivity contribution >= 4 is 11.7 Å². The van der Waals surface area contributed by atoms with Crippen molar-refractivity contribution in [3.63, 3.8) is 0 Å². The monoisotopic (exact) mass is 369 g/mol. The molecule has 1 atom stereocenters. The molecule has 144 valence electrons. The molecule has 0 fully saturated rings. The summed E-state index contributed by atoms with van der Waals surface area (Å²) in [6, 6.07) is 12.6. The van der Waals surface area contributed by atoms with Crippen molar-refractivity contribution in [1.82, 2.24) is 5.32 Å². The van der Waals surface area contributed by atoms with E-state index in [2.05, 4.69) is 5.32 Å². The molecule has 2 aromatic rings. The minimum Gasteiger partial charge on any atom is -0.496 e. The molecule has 1 amide bonds. The van der Waals surface area contributed by atoms with E-state index in [1.807, 2.05) is 39.0 Å². The second-order valence-corrected chi connectivity index (χ2v) is 6.42. The fraction of sp³-hybridized carbons (Fsp3) is 0.364. The van der Waals surface area contributed by atoms with Gasteiger partial charge in [0.1, 0.15) is 11.5 Å². The topological polar surface area (TPSA) is 64.6 Å². The summed E-state index contributed by atoms with van der Waals surface area (Å²) in [7, 11) is 1.61. The lowest BCUT2D eigenvalue weighted by molar-refractivity contribution is -0.121. The van der Waals surface area contributed by atoms with Gasteiger partial charge in [-0.3, -0.25) is 9.59 Å². The maximum Gasteiger partial charge on any atom is 0.220 e. The van der Waals surface area contributed by atoms with Gasteiger partial charge < -0.3 is 14.8 Å². The second-order valence-electron chi connectivity index (χ2n) is 6.42. The van der Waals surface area contributed by atoms with E-state index in [1.54, 1.807) is 31.4 Å². The SMILES string of the molecule is CCOc1ccc(C(=O)CCC(=O)N[C@@H](C)c2cc(C)ccc2OC)cc1. The number of rotatable bonds is 9. The molecule has 0 aliphatic carbocycles. The molecule has 5 heteroatoms. The number of amides is 1. The number of carbonyl (C=O) groups excluding carboxylic acids is 2. The zero-order valence-electron chi connectivity index (χ0n) is 16.4. The van der Waals surface area contributed by atoms with Gasteiger partial charge in [-0.25, -0.2) is 0 Å². The summed E-state index contributed by atoms with van der Waals surface area (Å²) >= 11 is 0. The van der Waals surface area contributed by atoms with Gasteiger partial charge in [0.15, 0.2) is 5.78 Å². The van der Waals surface area contributed by atoms with Gasteiger partial charge in [-0.15, -0.1) is 0 Å². The molecule has 2 rings (SSSR count). The molecule has 0 bridgehead atoms. The first-order valence-corrected chi connectivity index (χ1v) is 9.14. The third kappa shape index (κ3) is 5.84. The minimum absolute atomic E-state index is 0.0611. The van der Waals surface area contributed by atoms with Crippen molar-refractivity contribution < 1.29 is 19.1 Å². The largest absolute Gasteiger partial charge is 0.496 e. The Kier molecular flexibility index (Phi) is 7.41. The molecule has 0 aromatic heterocycles. The predicted molar refractivity (Wildman–Crippen MR) is 105 cm³/mol. The lowest BCUT2D eigenvalue weighted by atomic mass is 10.0. The van der Waals surface area contributed by atoms with Crippen LogP contribution in [0.5, 0.6) is 11.5 Å². The van der Waals surface area contributed by atoms with Crippen molar-refractivity contribution in [2.75, 3.05) is 13.7 Å². The Morgan fingerprint density at radius 1 is 1.07 bits per heavy atom. The molecular weight excluding hydrogens is 342 g/mol. The van der Waals surface area contributed by atoms with Crippen LogP contribution in [0.3, 0.4) is 0 Å². The van der Waals surface area contributed by atoms with E-state index in [4.69, 9.17) is 9.47 Å². The van der Waals surface area contributed by atoms with Gasteiger partial charge in [0.05, 0.1) is 19.8 Å². The number of methoxy groups -OCH3 is 1. The molecule has 0 saturated heterocycles. The number of Topliss-reactive ketones (excluding diaryl/α,β-unsaturated/α-hetero) is 1. The molecule has 0 aliphatic rings. The zero-order chi connectivity index (χ0) is 19.8. The fourth-order valence-electron chi connectivity index (χ4n) is 2.86. The lowest BCUT2D eigenvalue weighted by Gasteiger charge is -2.18. The second kappa shape index (κ2) is 9.76. The molecule has 0 heterocycles. The number of benzene rings is 2. The Hall–Kier alpha value is -2.82. The number of ketones is 1. The standard InChI is InChI=1S/C22H27NO4/c1-5-27-18-9-7-17(8-10-18)20(24)11-13-22(25)23-16(3)19-14-15(2)6-12-21(19)26-4/h6-10,12,14,16H,5,11,13H2,1-4H3,(H,23,25)/t16-/m0/s1. The first-order valence-electron chi connectivity index (χ1n) is 9.14. The molecular formula is C22H27NO4. The van der Waals surface area contributed by atoms with E-state index in [0.717, 1.165) is 22.6 Å². The minimum atomic E-state index is -0.201. The summed E-state index contributed by atoms with van der Waals surface area (Å²) < 4.78 is 10.7. The van der Waals surface area contributed by atoms with E-state index >= 15 is 0 Å². The van der Waals surface area contributed by atoms with E-state index in [0.29, 0.717) is 12.2 Å². The Morgan fingerprint density at radius 2 is 1.78 bits per heavy atom. The van der Waals surface area contributed by atoms with Crippen LogP contribution in [0.15, 0.2) is 42.5 Å². The van der Waals surface area contributed by atoms with Crippen LogP contribution < -0.4 is 14.8 Å². The first-order chi connectivity index (χ1) is 12.9. The highest BCUT2D eigenvalue weighted by atomic mass is 16.5. The lowest BCUT2D eigenvalue weighted by Crippen LogP contribution is -2.27. The van der Waals surface area contributed by atoms with Crippen molar-refractivity contribution in [3.8, 4) is 11.5 Å². The quantitative estimate of drug-likeness (QED) is 0.672. The molecule has 0 aliphatic heterocycles. The molecule has 5 nitrogen and oxygen atoms in total. The summed E-state index contributed by atoms with van der Waals surface area (Å²) in [5.74, 6) is 1.24. The van der Waals surface area contributed by atoms with Crippen molar-refractivity contribution in [2.24, 2.45) is 0 Å². The molecule has 0 spiro atoms. The van der Waals surface area contributed by atoms with Crippen LogP contribution in [0.4, 0.5) is 0 Å². The van der Waals surface area contributed by atoms with E-state index in [9.17, 15) is 9.59 Å². The van der Waals surface area contributed by atoms with Gasteiger partial charge >= 0.3 is 0 Å². The fourth-order valence-corrected chi connectivity index (χ4v) is 2.86. The number of hydrogen-bond acceptors (Lipinski definition) is 4. The summed E-state index contributed by atoms with van der Waals surface area (Å²) in [5, 5.41) is 2.94. The molecule has 2 aromatic carbocycles. The van der Waals surface area contributed by atoms with E-state index < -0.39 is 0 Å². The number of carbonyl (C=O) groups is 2. The molecule has 0 unspecified atom stereocenters. The van der Waals surface area contributed by atoms with Crippen LogP contribution in [0.1, 0.15) is 54.2 Å². The predicted octanol–water partition coefficient (Wildman–Crippen LogP) is 4.24. The number of nitrogens with one attached hydrogen (secondary N) is 1. The maximum absolute atomic E-state index is 12.3. The van der Waals surface area contributed by atoms with Crippen LogP contribution in [-0.4, -0.2) is 25.4 Å². The van der Waals surface area contributed by atoms with Gasteiger partial charge in [0, 0.05) is 24.0 Å². The van der Waals surface area contributed by atoms with Crippen LogP contribution in [0.25, 0.3) is 0 Å². The smallest absolute Gasteiger partial charge is 0.220 e. The average Bonchev–Trinajstić information content (AvgIpc) is 2.67. The van der Waals surface area contributed by atoms with Crippen LogP contribution in [0.2, 0.25) is 0 Å². The summed E-state index contributed by atoms with van der Waals surface area (Å²) in [6.45, 7) is 6.39. The third-order valence-corrected chi connectivity index (χ3v) is 4.30. The van der Waals surface area contributed by atoms with Gasteiger partial charge in [0.25, 0.3) is 0 Å². The molecule has 1 N–H and O–H groups in total. The van der Waals surface area contributed by atoms with Gasteiger partial charge in [-0.2, -0.15) is 0 Å². The Balaban J connectivity index is 1.90. The first kappa shape index (κ1) is 20.5. The molecule has 27 heavy (non-hydrogen) atoms. The van der Waals surface area contributed by atoms with Crippen molar-refractivity contribution in [3.05, 3.63) is 59.2 Å². The normalized spacial score (nSPS) is 11.6. The highest BCUT2D eigenvalue weighted by molar-refractivity contribution is 5.98. The Bertz CT molecular complexity index is 783. The highest BCUT2D eigenvalue weighted by Crippen LogP contribution is 2.26. The Morgan fingerprint density at radius 3 is 2.41 bits per heavy atom. The number of aryl methyl sites for hydroxylation is 1. The average molecular weight is 369 g/mol. The van der Waals surface area contributed by atoms with Crippen LogP contribution >= 0.6 is 0 Å². The summed E-state index contributed by atoms with van der Waals surface area (Å²) in [5.41, 5.74) is 2.60. The molecule has 0 radical (unpaired) electrons. The van der Waals surface area contributed by atoms with Crippen molar-refractivity contribution in [1.29, 1.82) is 0 Å². The zero-order valence-corrected chi connectivity index (χ0v) is 16.4. The number of hydrogen-bond donors (Lipinski definition) is 1. The third-order valence-electron chi connectivity index (χ3n) is 4.30. The Labute approximate surface area is 160 Å².